The molecular formula is C15H22N2O3S. The van der Waals surface area contributed by atoms with Gasteiger partial charge in [-0.15, -0.1) is 0 Å². The summed E-state index contributed by atoms with van der Waals surface area (Å²) in [5.41, 5.74) is 0.866. The largest absolute Gasteiger partial charge is 0.380 e. The molecular weight excluding hydrogens is 288 g/mol. The average molecular weight is 310 g/mol. The van der Waals surface area contributed by atoms with E-state index in [9.17, 15) is 8.42 Å². The van der Waals surface area contributed by atoms with Gasteiger partial charge in [-0.25, -0.2) is 13.1 Å². The van der Waals surface area contributed by atoms with Crippen molar-refractivity contribution < 1.29 is 13.2 Å². The van der Waals surface area contributed by atoms with E-state index in [1.165, 1.54) is 0 Å². The first-order valence-corrected chi connectivity index (χ1v) is 8.91. The zero-order valence-electron chi connectivity index (χ0n) is 12.2. The van der Waals surface area contributed by atoms with Crippen molar-refractivity contribution in [2.75, 3.05) is 7.11 Å². The lowest BCUT2D eigenvalue weighted by Gasteiger charge is -2.29. The maximum Gasteiger partial charge on any atom is 0.240 e. The molecule has 2 bridgehead atoms. The van der Waals surface area contributed by atoms with Gasteiger partial charge in [0.15, 0.2) is 0 Å². The molecule has 2 N–H and O–H groups in total. The Labute approximate surface area is 126 Å². The summed E-state index contributed by atoms with van der Waals surface area (Å²) in [6, 6.07) is 7.92. The zero-order valence-corrected chi connectivity index (χ0v) is 13.0. The first-order chi connectivity index (χ1) is 10.1. The monoisotopic (exact) mass is 310 g/mol. The second-order valence-electron chi connectivity index (χ2n) is 6.01. The van der Waals surface area contributed by atoms with Gasteiger partial charge in [0.25, 0.3) is 0 Å². The Bertz CT molecular complexity index is 591. The summed E-state index contributed by atoms with van der Waals surface area (Å²) in [6.07, 6.45) is 4.08. The van der Waals surface area contributed by atoms with Crippen LogP contribution in [0.1, 0.15) is 31.2 Å². The molecule has 2 unspecified atom stereocenters. The quantitative estimate of drug-likeness (QED) is 0.862. The molecule has 6 heteroatoms. The van der Waals surface area contributed by atoms with Gasteiger partial charge in [0, 0.05) is 25.2 Å². The van der Waals surface area contributed by atoms with Crippen LogP contribution in [0.25, 0.3) is 0 Å². The van der Waals surface area contributed by atoms with E-state index < -0.39 is 10.0 Å². The molecule has 2 saturated heterocycles. The fourth-order valence-electron chi connectivity index (χ4n) is 3.41. The lowest BCUT2D eigenvalue weighted by molar-refractivity contribution is 0.184. The first kappa shape index (κ1) is 15.0. The van der Waals surface area contributed by atoms with Crippen molar-refractivity contribution in [2.24, 2.45) is 0 Å². The molecule has 0 saturated carbocycles. The Hall–Kier alpha value is -0.950. The van der Waals surface area contributed by atoms with Crippen molar-refractivity contribution in [2.45, 2.75) is 55.3 Å². The topological polar surface area (TPSA) is 67.4 Å². The molecule has 2 atom stereocenters. The van der Waals surface area contributed by atoms with Crippen molar-refractivity contribution in [3.63, 3.8) is 0 Å². The van der Waals surface area contributed by atoms with Gasteiger partial charge in [-0.3, -0.25) is 0 Å². The molecule has 2 aliphatic rings. The Morgan fingerprint density at radius 1 is 1.29 bits per heavy atom. The predicted octanol–water partition coefficient (Wildman–Crippen LogP) is 1.39. The van der Waals surface area contributed by atoms with Crippen LogP contribution in [0.4, 0.5) is 0 Å². The van der Waals surface area contributed by atoms with Crippen molar-refractivity contribution in [1.29, 1.82) is 0 Å². The van der Waals surface area contributed by atoms with Crippen molar-refractivity contribution in [1.82, 2.24) is 10.0 Å². The highest BCUT2D eigenvalue weighted by Gasteiger charge is 2.35. The Balaban J connectivity index is 1.73. The molecule has 3 rings (SSSR count). The van der Waals surface area contributed by atoms with Crippen LogP contribution >= 0.6 is 0 Å². The molecule has 2 fully saturated rings. The molecule has 0 radical (unpaired) electrons. The highest BCUT2D eigenvalue weighted by atomic mass is 32.2. The van der Waals surface area contributed by atoms with E-state index in [0.717, 1.165) is 31.2 Å². The third-order valence-corrected chi connectivity index (χ3v) is 5.83. The molecule has 116 valence electrons. The Kier molecular flexibility index (Phi) is 4.31. The van der Waals surface area contributed by atoms with Gasteiger partial charge in [0.1, 0.15) is 0 Å². The van der Waals surface area contributed by atoms with Gasteiger partial charge < -0.3 is 10.1 Å². The average Bonchev–Trinajstić information content (AvgIpc) is 2.78. The molecule has 1 aromatic rings. The van der Waals surface area contributed by atoms with Gasteiger partial charge in [-0.05, 0) is 43.4 Å². The van der Waals surface area contributed by atoms with E-state index in [4.69, 9.17) is 4.74 Å². The maximum atomic E-state index is 12.5. The number of benzene rings is 1. The lowest BCUT2D eigenvalue weighted by Crippen LogP contribution is -2.47. The number of rotatable bonds is 5. The summed E-state index contributed by atoms with van der Waals surface area (Å²) in [6.45, 7) is 0.418. The first-order valence-electron chi connectivity index (χ1n) is 7.43. The summed E-state index contributed by atoms with van der Waals surface area (Å²) in [7, 11) is -1.85. The molecule has 21 heavy (non-hydrogen) atoms. The molecule has 5 nitrogen and oxygen atoms in total. The van der Waals surface area contributed by atoms with Crippen molar-refractivity contribution in [3.05, 3.63) is 29.8 Å². The second-order valence-corrected chi connectivity index (χ2v) is 7.72. The Morgan fingerprint density at radius 2 is 2.00 bits per heavy atom. The van der Waals surface area contributed by atoms with Crippen molar-refractivity contribution >= 4 is 10.0 Å². The van der Waals surface area contributed by atoms with Crippen molar-refractivity contribution in [3.8, 4) is 0 Å². The van der Waals surface area contributed by atoms with Gasteiger partial charge in [0.05, 0.1) is 11.5 Å². The maximum absolute atomic E-state index is 12.5. The number of fused-ring (bicyclic) bond motifs is 2. The molecule has 2 aliphatic heterocycles. The summed E-state index contributed by atoms with van der Waals surface area (Å²) < 4.78 is 33.0. The normalized spacial score (nSPS) is 28.7. The highest BCUT2D eigenvalue weighted by molar-refractivity contribution is 7.89. The van der Waals surface area contributed by atoms with Gasteiger partial charge in [-0.2, -0.15) is 0 Å². The summed E-state index contributed by atoms with van der Waals surface area (Å²) in [5.74, 6) is 0. The number of hydrogen-bond acceptors (Lipinski definition) is 4. The molecule has 0 aromatic heterocycles. The summed E-state index contributed by atoms with van der Waals surface area (Å²) >= 11 is 0. The molecule has 0 spiro atoms. The third kappa shape index (κ3) is 3.45. The van der Waals surface area contributed by atoms with Crippen LogP contribution in [0.15, 0.2) is 29.2 Å². The fraction of sp³-hybridized carbons (Fsp3) is 0.600. The number of ether oxygens (including phenoxy) is 1. The summed E-state index contributed by atoms with van der Waals surface area (Å²) in [5, 5.41) is 3.52. The standard InChI is InChI=1S/C15H22N2O3S/c1-20-10-11-3-2-4-15(7-11)21(18,19)17-14-8-12-5-6-13(9-14)16-12/h2-4,7,12-14,16-17H,5-6,8-10H2,1H3. The Morgan fingerprint density at radius 3 is 2.67 bits per heavy atom. The highest BCUT2D eigenvalue weighted by Crippen LogP contribution is 2.27. The number of nitrogens with one attached hydrogen (secondary N) is 2. The third-order valence-electron chi connectivity index (χ3n) is 4.31. The second kappa shape index (κ2) is 6.04. The van der Waals surface area contributed by atoms with Crippen LogP contribution in [-0.2, 0) is 21.4 Å². The molecule has 0 aliphatic carbocycles. The van der Waals surface area contributed by atoms with E-state index >= 15 is 0 Å². The number of methoxy groups -OCH3 is 1. The predicted molar refractivity (Wildman–Crippen MR) is 80.4 cm³/mol. The minimum Gasteiger partial charge on any atom is -0.380 e. The molecule has 0 amide bonds. The smallest absolute Gasteiger partial charge is 0.240 e. The number of hydrogen-bond donors (Lipinski definition) is 2. The van der Waals surface area contributed by atoms with E-state index in [1.807, 2.05) is 6.07 Å². The van der Waals surface area contributed by atoms with E-state index in [1.54, 1.807) is 25.3 Å². The zero-order chi connectivity index (χ0) is 14.9. The van der Waals surface area contributed by atoms with Crippen LogP contribution in [0, 0.1) is 0 Å². The SMILES string of the molecule is COCc1cccc(S(=O)(=O)NC2CC3CCC(C2)N3)c1. The van der Waals surface area contributed by atoms with Gasteiger partial charge in [0.2, 0.25) is 10.0 Å². The fourth-order valence-corrected chi connectivity index (χ4v) is 4.74. The van der Waals surface area contributed by atoms with Gasteiger partial charge in [-0.1, -0.05) is 12.1 Å². The molecule has 2 heterocycles. The van der Waals surface area contributed by atoms with E-state index in [-0.39, 0.29) is 6.04 Å². The van der Waals surface area contributed by atoms with Crippen LogP contribution in [0.2, 0.25) is 0 Å². The minimum absolute atomic E-state index is 0.0415. The number of sulfonamides is 1. The van der Waals surface area contributed by atoms with Crippen LogP contribution in [0.3, 0.4) is 0 Å². The van der Waals surface area contributed by atoms with E-state index in [2.05, 4.69) is 10.0 Å². The number of piperidine rings is 1. The lowest BCUT2D eigenvalue weighted by atomic mass is 10.0. The van der Waals surface area contributed by atoms with Crippen LogP contribution in [0.5, 0.6) is 0 Å². The van der Waals surface area contributed by atoms with Crippen LogP contribution in [-0.4, -0.2) is 33.7 Å². The molecule has 1 aromatic carbocycles. The minimum atomic E-state index is -3.45. The van der Waals surface area contributed by atoms with Crippen LogP contribution < -0.4 is 10.0 Å². The van der Waals surface area contributed by atoms with E-state index in [0.29, 0.717) is 23.6 Å². The van der Waals surface area contributed by atoms with Gasteiger partial charge >= 0.3 is 0 Å². The summed E-state index contributed by atoms with van der Waals surface area (Å²) in [4.78, 5) is 0.322.